The largest absolute Gasteiger partial charge is 0.471 e. The summed E-state index contributed by atoms with van der Waals surface area (Å²) in [7, 11) is 0. The third kappa shape index (κ3) is 3.77. The van der Waals surface area contributed by atoms with E-state index in [-0.39, 0.29) is 37.4 Å². The highest BCUT2D eigenvalue weighted by Crippen LogP contribution is 2.60. The Hall–Kier alpha value is -3.68. The van der Waals surface area contributed by atoms with Crippen LogP contribution < -0.4 is 15.0 Å². The first kappa shape index (κ1) is 23.1. The number of nitriles is 1. The molecule has 1 saturated carbocycles. The minimum Gasteiger partial charge on any atom is -0.471 e. The monoisotopic (exact) mass is 497 g/mol. The lowest BCUT2D eigenvalue weighted by Gasteiger charge is -2.15. The number of pyridine rings is 1. The van der Waals surface area contributed by atoms with Crippen molar-refractivity contribution >= 4 is 24.2 Å². The van der Waals surface area contributed by atoms with E-state index in [1.54, 1.807) is 30.5 Å². The number of anilines is 1. The second-order valence-electron chi connectivity index (χ2n) is 8.71. The average molecular weight is 498 g/mol. The van der Waals surface area contributed by atoms with Crippen LogP contribution in [0.4, 0.5) is 14.9 Å². The van der Waals surface area contributed by atoms with Crippen LogP contribution in [0.3, 0.4) is 0 Å². The van der Waals surface area contributed by atoms with Gasteiger partial charge in [0.15, 0.2) is 6.10 Å². The van der Waals surface area contributed by atoms with E-state index in [1.165, 1.54) is 17.2 Å². The molecule has 0 radical (unpaired) electrons. The topological polar surface area (TPSA) is 114 Å². The second-order valence-corrected chi connectivity index (χ2v) is 8.71. The Morgan fingerprint density at radius 1 is 1.26 bits per heavy atom. The van der Waals surface area contributed by atoms with Crippen molar-refractivity contribution in [3.05, 3.63) is 60.4 Å². The molecular weight excluding hydrogens is 477 g/mol. The van der Waals surface area contributed by atoms with Gasteiger partial charge in [0, 0.05) is 48.3 Å². The van der Waals surface area contributed by atoms with Gasteiger partial charge in [-0.1, -0.05) is 6.07 Å². The highest BCUT2D eigenvalue weighted by Gasteiger charge is 2.69. The lowest BCUT2D eigenvalue weighted by atomic mass is 9.96. The first-order chi connectivity index (χ1) is 16.6. The number of fused-ring (bicyclic) bond motifs is 1. The molecule has 2 aromatic heterocycles. The quantitative estimate of drug-likeness (QED) is 0.551. The van der Waals surface area contributed by atoms with Crippen molar-refractivity contribution in [2.45, 2.75) is 11.5 Å². The second kappa shape index (κ2) is 8.83. The summed E-state index contributed by atoms with van der Waals surface area (Å²) in [5.41, 5.74) is 1.57. The lowest BCUT2D eigenvalue weighted by Crippen LogP contribution is -2.26. The SMILES string of the molecule is Cl.N#CC1(c2ccc(-c3ccc(N4C[C@H](COc5ccon5)OC4=O)cc3F)cn2)C2CNCC21. The maximum absolute atomic E-state index is 15.0. The molecule has 1 aliphatic carbocycles. The molecule has 2 unspecified atom stereocenters. The van der Waals surface area contributed by atoms with Gasteiger partial charge in [0.05, 0.1) is 24.0 Å². The predicted octanol–water partition coefficient (Wildman–Crippen LogP) is 3.31. The van der Waals surface area contributed by atoms with Crippen LogP contribution in [0.25, 0.3) is 11.1 Å². The van der Waals surface area contributed by atoms with Crippen molar-refractivity contribution in [3.8, 4) is 23.1 Å². The summed E-state index contributed by atoms with van der Waals surface area (Å²) in [5.74, 6) is 0.394. The van der Waals surface area contributed by atoms with E-state index in [4.69, 9.17) is 14.0 Å². The Labute approximate surface area is 206 Å². The normalized spacial score (nSPS) is 26.5. The smallest absolute Gasteiger partial charge is 0.414 e. The Bertz CT molecular complexity index is 1270. The Kier molecular flexibility index (Phi) is 5.83. The number of piperidine rings is 1. The Morgan fingerprint density at radius 2 is 2.09 bits per heavy atom. The van der Waals surface area contributed by atoms with E-state index >= 15 is 4.39 Å². The Morgan fingerprint density at radius 3 is 2.74 bits per heavy atom. The van der Waals surface area contributed by atoms with Gasteiger partial charge < -0.3 is 19.3 Å². The summed E-state index contributed by atoms with van der Waals surface area (Å²) in [5, 5.41) is 16.7. The molecule has 3 aromatic rings. The van der Waals surface area contributed by atoms with Gasteiger partial charge in [-0.2, -0.15) is 5.26 Å². The number of halogens is 2. The van der Waals surface area contributed by atoms with E-state index in [2.05, 4.69) is 21.5 Å². The van der Waals surface area contributed by atoms with E-state index in [0.717, 1.165) is 18.8 Å². The molecule has 180 valence electrons. The maximum atomic E-state index is 15.0. The third-order valence-corrected chi connectivity index (χ3v) is 6.93. The van der Waals surface area contributed by atoms with Crippen LogP contribution in [0.1, 0.15) is 5.69 Å². The molecule has 3 atom stereocenters. The van der Waals surface area contributed by atoms with Crippen molar-refractivity contribution in [2.24, 2.45) is 11.8 Å². The first-order valence-electron chi connectivity index (χ1n) is 11.0. The van der Waals surface area contributed by atoms with Gasteiger partial charge in [0.2, 0.25) is 0 Å². The fourth-order valence-corrected chi connectivity index (χ4v) is 5.12. The molecule has 0 bridgehead atoms. The van der Waals surface area contributed by atoms with Crippen molar-refractivity contribution in [1.82, 2.24) is 15.5 Å². The summed E-state index contributed by atoms with van der Waals surface area (Å²) < 4.78 is 30.5. The Balaban J connectivity index is 0.00000253. The fraction of sp³-hybridized carbons (Fsp3) is 0.333. The van der Waals surface area contributed by atoms with Gasteiger partial charge in [-0.05, 0) is 29.4 Å². The molecule has 6 rings (SSSR count). The molecule has 0 spiro atoms. The van der Waals surface area contributed by atoms with Crippen molar-refractivity contribution < 1.29 is 23.2 Å². The van der Waals surface area contributed by atoms with Gasteiger partial charge in [0.25, 0.3) is 5.88 Å². The average Bonchev–Trinajstić information content (AvgIpc) is 3.38. The third-order valence-electron chi connectivity index (χ3n) is 6.93. The van der Waals surface area contributed by atoms with Crippen molar-refractivity contribution in [1.29, 1.82) is 5.26 Å². The molecule has 3 aliphatic rings. The number of aromatic nitrogens is 2. The van der Waals surface area contributed by atoms with Crippen LogP contribution in [0.2, 0.25) is 0 Å². The molecular formula is C24H21ClFN5O4. The van der Waals surface area contributed by atoms with Gasteiger partial charge in [-0.25, -0.2) is 9.18 Å². The van der Waals surface area contributed by atoms with Crippen LogP contribution in [0.15, 0.2) is 53.4 Å². The number of hydrogen-bond acceptors (Lipinski definition) is 8. The minimum atomic E-state index is -0.571. The van der Waals surface area contributed by atoms with Crippen LogP contribution in [0, 0.1) is 29.0 Å². The molecule has 11 heteroatoms. The highest BCUT2D eigenvalue weighted by atomic mass is 35.5. The van der Waals surface area contributed by atoms with Crippen LogP contribution in [-0.4, -0.2) is 48.6 Å². The predicted molar refractivity (Wildman–Crippen MR) is 124 cm³/mol. The van der Waals surface area contributed by atoms with Crippen LogP contribution >= 0.6 is 12.4 Å². The van der Waals surface area contributed by atoms with E-state index in [1.807, 2.05) is 6.07 Å². The van der Waals surface area contributed by atoms with E-state index in [0.29, 0.717) is 22.7 Å². The number of carbonyl (C=O) groups excluding carboxylic acids is 1. The first-order valence-corrected chi connectivity index (χ1v) is 11.0. The standard InChI is InChI=1S/C24H20FN5O4.ClH/c25-20-7-15(30-11-16(34-23(30)31)12-32-22-5-6-33-29-22)2-3-17(20)14-1-4-21(28-8-14)24(13-26)18-9-27-10-19(18)24;/h1-8,16,18-19,27H,9-12H2;1H/t16-,18?,19?,24?;/m1./s1. The summed E-state index contributed by atoms with van der Waals surface area (Å²) in [6.45, 7) is 1.97. The molecule has 9 nitrogen and oxygen atoms in total. The minimum absolute atomic E-state index is 0. The molecule has 1 aromatic carbocycles. The van der Waals surface area contributed by atoms with Crippen LogP contribution in [-0.2, 0) is 10.2 Å². The number of benzene rings is 1. The summed E-state index contributed by atoms with van der Waals surface area (Å²) in [6.07, 6.45) is 1.90. The zero-order chi connectivity index (χ0) is 23.3. The number of hydrogen-bond donors (Lipinski definition) is 1. The summed E-state index contributed by atoms with van der Waals surface area (Å²) in [4.78, 5) is 18.2. The van der Waals surface area contributed by atoms with E-state index in [9.17, 15) is 10.1 Å². The highest BCUT2D eigenvalue weighted by molar-refractivity contribution is 5.90. The van der Waals surface area contributed by atoms with Gasteiger partial charge in [-0.3, -0.25) is 9.88 Å². The van der Waals surface area contributed by atoms with Crippen molar-refractivity contribution in [2.75, 3.05) is 31.1 Å². The number of rotatable bonds is 6. The molecule has 1 N–H and O–H groups in total. The molecule has 3 fully saturated rings. The summed E-state index contributed by atoms with van der Waals surface area (Å²) >= 11 is 0. The van der Waals surface area contributed by atoms with Gasteiger partial charge >= 0.3 is 6.09 Å². The number of ether oxygens (including phenoxy) is 2. The molecule has 2 aliphatic heterocycles. The number of amides is 1. The number of nitrogens with zero attached hydrogens (tertiary/aromatic N) is 4. The molecule has 4 heterocycles. The maximum Gasteiger partial charge on any atom is 0.414 e. The van der Waals surface area contributed by atoms with Gasteiger partial charge in [-0.15, -0.1) is 12.4 Å². The molecule has 35 heavy (non-hydrogen) atoms. The zero-order valence-corrected chi connectivity index (χ0v) is 19.2. The molecule has 2 saturated heterocycles. The van der Waals surface area contributed by atoms with E-state index < -0.39 is 23.4 Å². The van der Waals surface area contributed by atoms with Crippen molar-refractivity contribution in [3.63, 3.8) is 0 Å². The number of nitrogens with one attached hydrogen (secondary N) is 1. The van der Waals surface area contributed by atoms with Gasteiger partial charge in [0.1, 0.15) is 24.1 Å². The fourth-order valence-electron chi connectivity index (χ4n) is 5.12. The summed E-state index contributed by atoms with van der Waals surface area (Å²) in [6, 6.07) is 12.2. The zero-order valence-electron chi connectivity index (χ0n) is 18.4. The number of cyclic esters (lactones) is 1. The molecule has 1 amide bonds. The number of carbonyl (C=O) groups is 1. The lowest BCUT2D eigenvalue weighted by molar-refractivity contribution is 0.102. The van der Waals surface area contributed by atoms with Crippen LogP contribution in [0.5, 0.6) is 5.88 Å².